The van der Waals surface area contributed by atoms with Gasteiger partial charge >= 0.3 is 0 Å². The van der Waals surface area contributed by atoms with Crippen molar-refractivity contribution >= 4 is 28.8 Å². The molecule has 0 radical (unpaired) electrons. The number of rotatable bonds is 7. The SMILES string of the molecule is COc1ccc(-c2c3c4n(c(COc5ccccc5)nn4c2C(=O)Nc2ccc(Cl)cc2)CCCC3)cc1. The number of carbonyl (C=O) groups is 1. The highest BCUT2D eigenvalue weighted by atomic mass is 35.5. The number of amides is 1. The summed E-state index contributed by atoms with van der Waals surface area (Å²) in [4.78, 5) is 13.9. The Morgan fingerprint density at radius 3 is 2.47 bits per heavy atom. The maximum atomic E-state index is 13.9. The Balaban J connectivity index is 1.49. The van der Waals surface area contributed by atoms with Gasteiger partial charge in [-0.3, -0.25) is 4.79 Å². The molecule has 1 amide bonds. The molecule has 0 spiro atoms. The van der Waals surface area contributed by atoms with Gasteiger partial charge < -0.3 is 19.4 Å². The fourth-order valence-electron chi connectivity index (χ4n) is 5.08. The summed E-state index contributed by atoms with van der Waals surface area (Å²) in [5.41, 5.74) is 5.07. The molecule has 2 aromatic heterocycles. The molecule has 0 saturated heterocycles. The number of hydrogen-bond donors (Lipinski definition) is 1. The van der Waals surface area contributed by atoms with E-state index in [4.69, 9.17) is 26.2 Å². The van der Waals surface area contributed by atoms with E-state index >= 15 is 0 Å². The van der Waals surface area contributed by atoms with Gasteiger partial charge in [0.05, 0.1) is 7.11 Å². The lowest BCUT2D eigenvalue weighted by Gasteiger charge is -2.10. The minimum atomic E-state index is -0.236. The van der Waals surface area contributed by atoms with Crippen molar-refractivity contribution < 1.29 is 14.3 Å². The van der Waals surface area contributed by atoms with Crippen LogP contribution in [0, 0.1) is 0 Å². The van der Waals surface area contributed by atoms with Crippen LogP contribution in [0.4, 0.5) is 5.69 Å². The predicted molar refractivity (Wildman–Crippen MR) is 148 cm³/mol. The van der Waals surface area contributed by atoms with E-state index in [0.717, 1.165) is 65.5 Å². The van der Waals surface area contributed by atoms with Crippen molar-refractivity contribution in [1.29, 1.82) is 0 Å². The monoisotopic (exact) mass is 526 g/mol. The molecule has 7 nitrogen and oxygen atoms in total. The van der Waals surface area contributed by atoms with E-state index in [1.807, 2.05) is 54.6 Å². The highest BCUT2D eigenvalue weighted by Crippen LogP contribution is 2.38. The highest BCUT2D eigenvalue weighted by molar-refractivity contribution is 6.30. The summed E-state index contributed by atoms with van der Waals surface area (Å²) >= 11 is 6.06. The van der Waals surface area contributed by atoms with Crippen LogP contribution in [0.15, 0.2) is 78.9 Å². The minimum absolute atomic E-state index is 0.236. The lowest BCUT2D eigenvalue weighted by Crippen LogP contribution is -2.16. The van der Waals surface area contributed by atoms with E-state index in [9.17, 15) is 4.79 Å². The number of para-hydroxylation sites is 1. The van der Waals surface area contributed by atoms with E-state index in [-0.39, 0.29) is 5.91 Å². The molecule has 3 aromatic carbocycles. The van der Waals surface area contributed by atoms with Crippen molar-refractivity contribution in [2.24, 2.45) is 0 Å². The van der Waals surface area contributed by atoms with Crippen LogP contribution in [0.25, 0.3) is 16.8 Å². The van der Waals surface area contributed by atoms with Crippen LogP contribution in [0.5, 0.6) is 11.5 Å². The molecule has 0 bridgehead atoms. The van der Waals surface area contributed by atoms with Gasteiger partial charge in [-0.25, -0.2) is 4.52 Å². The molecular formula is C30H27ClN4O3. The number of halogens is 1. The zero-order valence-electron chi connectivity index (χ0n) is 21.0. The molecule has 1 N–H and O–H groups in total. The van der Waals surface area contributed by atoms with E-state index in [1.54, 1.807) is 35.9 Å². The molecule has 8 heteroatoms. The van der Waals surface area contributed by atoms with Gasteiger partial charge in [0.1, 0.15) is 29.4 Å². The van der Waals surface area contributed by atoms with Gasteiger partial charge in [0.25, 0.3) is 5.91 Å². The molecule has 0 atom stereocenters. The van der Waals surface area contributed by atoms with Crippen molar-refractivity contribution in [1.82, 2.24) is 14.2 Å². The Bertz CT molecular complexity index is 1590. The molecule has 0 fully saturated rings. The number of ether oxygens (including phenoxy) is 2. The summed E-state index contributed by atoms with van der Waals surface area (Å²) in [6.45, 7) is 1.12. The maximum absolute atomic E-state index is 13.9. The van der Waals surface area contributed by atoms with Crippen molar-refractivity contribution in [3.63, 3.8) is 0 Å². The fourth-order valence-corrected chi connectivity index (χ4v) is 5.20. The van der Waals surface area contributed by atoms with Crippen LogP contribution >= 0.6 is 11.6 Å². The normalized spacial score (nSPS) is 12.8. The van der Waals surface area contributed by atoms with E-state index < -0.39 is 0 Å². The first-order chi connectivity index (χ1) is 18.6. The summed E-state index contributed by atoms with van der Waals surface area (Å²) in [7, 11) is 1.65. The summed E-state index contributed by atoms with van der Waals surface area (Å²) in [6.07, 6.45) is 2.89. The molecule has 1 aliphatic heterocycles. The molecule has 5 aromatic rings. The van der Waals surface area contributed by atoms with Gasteiger partial charge in [0.2, 0.25) is 0 Å². The zero-order chi connectivity index (χ0) is 26.1. The average molecular weight is 527 g/mol. The van der Waals surface area contributed by atoms with Gasteiger partial charge in [0, 0.05) is 28.4 Å². The number of aryl methyl sites for hydroxylation is 2. The third-order valence-electron chi connectivity index (χ3n) is 6.87. The number of anilines is 1. The first-order valence-corrected chi connectivity index (χ1v) is 13.0. The maximum Gasteiger partial charge on any atom is 0.275 e. The lowest BCUT2D eigenvalue weighted by molar-refractivity contribution is 0.102. The number of carbonyl (C=O) groups excluding carboxylic acids is 1. The Morgan fingerprint density at radius 2 is 1.74 bits per heavy atom. The van der Waals surface area contributed by atoms with Crippen molar-refractivity contribution in [2.75, 3.05) is 12.4 Å². The van der Waals surface area contributed by atoms with Crippen molar-refractivity contribution in [3.8, 4) is 22.6 Å². The molecule has 6 rings (SSSR count). The summed E-state index contributed by atoms with van der Waals surface area (Å²) in [5, 5.41) is 8.60. The van der Waals surface area contributed by atoms with E-state index in [2.05, 4.69) is 9.88 Å². The third-order valence-corrected chi connectivity index (χ3v) is 7.12. The van der Waals surface area contributed by atoms with Crippen molar-refractivity contribution in [2.45, 2.75) is 32.4 Å². The fraction of sp³-hybridized carbons (Fsp3) is 0.200. The second kappa shape index (κ2) is 10.3. The number of aromatic nitrogens is 3. The van der Waals surface area contributed by atoms with Crippen LogP contribution in [-0.4, -0.2) is 27.2 Å². The minimum Gasteiger partial charge on any atom is -0.497 e. The second-order valence-electron chi connectivity index (χ2n) is 9.25. The van der Waals surface area contributed by atoms with Gasteiger partial charge in [0.15, 0.2) is 5.82 Å². The molecule has 3 heterocycles. The third kappa shape index (κ3) is 4.50. The summed E-state index contributed by atoms with van der Waals surface area (Å²) < 4.78 is 15.4. The molecule has 0 aliphatic carbocycles. The Kier molecular flexibility index (Phi) is 6.52. The first-order valence-electron chi connectivity index (χ1n) is 12.6. The van der Waals surface area contributed by atoms with Crippen LogP contribution in [0.3, 0.4) is 0 Å². The Hall–Kier alpha value is -4.23. The van der Waals surface area contributed by atoms with Crippen molar-refractivity contribution in [3.05, 3.63) is 101 Å². The summed E-state index contributed by atoms with van der Waals surface area (Å²) in [6, 6.07) is 24.6. The smallest absolute Gasteiger partial charge is 0.275 e. The molecule has 38 heavy (non-hydrogen) atoms. The van der Waals surface area contributed by atoms with Crippen LogP contribution in [0.2, 0.25) is 5.02 Å². The molecule has 0 unspecified atom stereocenters. The quantitative estimate of drug-likeness (QED) is 0.258. The van der Waals surface area contributed by atoms with Gasteiger partial charge in [-0.05, 0) is 73.4 Å². The standard InChI is InChI=1S/C30H27ClN4O3/c1-37-23-16-10-20(11-17-23)27-25-9-5-6-18-34-26(19-38-24-7-3-2-4-8-24)33-35(30(25)34)28(27)29(36)32-22-14-12-21(31)13-15-22/h2-4,7-8,10-17H,5-6,9,18-19H2,1H3,(H,32,36). The van der Waals surface area contributed by atoms with Crippen LogP contribution in [-0.2, 0) is 19.6 Å². The highest BCUT2D eigenvalue weighted by Gasteiger charge is 2.30. The van der Waals surface area contributed by atoms with Crippen LogP contribution < -0.4 is 14.8 Å². The topological polar surface area (TPSA) is 69.8 Å². The van der Waals surface area contributed by atoms with E-state index in [0.29, 0.717) is 23.0 Å². The van der Waals surface area contributed by atoms with E-state index in [1.165, 1.54) is 0 Å². The van der Waals surface area contributed by atoms with Crippen LogP contribution in [0.1, 0.15) is 34.7 Å². The van der Waals surface area contributed by atoms with Gasteiger partial charge in [-0.15, -0.1) is 5.10 Å². The predicted octanol–water partition coefficient (Wildman–Crippen LogP) is 6.63. The average Bonchev–Trinajstić information content (AvgIpc) is 3.35. The van der Waals surface area contributed by atoms with Gasteiger partial charge in [-0.2, -0.15) is 0 Å². The largest absolute Gasteiger partial charge is 0.497 e. The number of nitrogens with one attached hydrogen (secondary N) is 1. The number of hydrogen-bond acceptors (Lipinski definition) is 4. The molecular weight excluding hydrogens is 500 g/mol. The summed E-state index contributed by atoms with van der Waals surface area (Å²) in [5.74, 6) is 2.09. The second-order valence-corrected chi connectivity index (χ2v) is 9.69. The lowest BCUT2D eigenvalue weighted by atomic mass is 9.97. The number of benzene rings is 3. The molecule has 0 saturated carbocycles. The Labute approximate surface area is 225 Å². The zero-order valence-corrected chi connectivity index (χ0v) is 21.7. The Morgan fingerprint density at radius 1 is 0.974 bits per heavy atom. The first kappa shape index (κ1) is 24.1. The molecule has 1 aliphatic rings. The number of nitrogens with zero attached hydrogens (tertiary/aromatic N) is 3. The number of methoxy groups -OCH3 is 1. The van der Waals surface area contributed by atoms with Gasteiger partial charge in [-0.1, -0.05) is 41.9 Å². The molecule has 192 valence electrons.